The number of hydrogen-bond donors (Lipinski definition) is 1. The largest absolute Gasteiger partial charge is 0.465 e. The molecule has 0 bridgehead atoms. The smallest absolute Gasteiger partial charge is 0.272 e. The van der Waals surface area contributed by atoms with E-state index in [9.17, 15) is 4.79 Å². The van der Waals surface area contributed by atoms with Gasteiger partial charge in [-0.05, 0) is 60.7 Å². The van der Waals surface area contributed by atoms with E-state index in [0.717, 1.165) is 39.9 Å². The van der Waals surface area contributed by atoms with Gasteiger partial charge in [-0.1, -0.05) is 56.3 Å². The Morgan fingerprint density at radius 3 is 2.64 bits per heavy atom. The van der Waals surface area contributed by atoms with Crippen LogP contribution in [0.3, 0.4) is 0 Å². The van der Waals surface area contributed by atoms with E-state index >= 15 is 0 Å². The maximum Gasteiger partial charge on any atom is 0.272 e. The summed E-state index contributed by atoms with van der Waals surface area (Å²) >= 11 is 0. The summed E-state index contributed by atoms with van der Waals surface area (Å²) in [4.78, 5) is 17.8. The molecule has 0 radical (unpaired) electrons. The Morgan fingerprint density at radius 2 is 1.91 bits per heavy atom. The van der Waals surface area contributed by atoms with Crippen LogP contribution in [0.5, 0.6) is 0 Å². The number of nitrogens with zero attached hydrogens (tertiary/aromatic N) is 2. The molecule has 1 N–H and O–H groups in total. The van der Waals surface area contributed by atoms with E-state index < -0.39 is 0 Å². The molecule has 0 saturated carbocycles. The summed E-state index contributed by atoms with van der Waals surface area (Å²) in [6.45, 7) is 6.30. The molecule has 4 aromatic rings. The number of fused-ring (bicyclic) bond motifs is 1. The highest BCUT2D eigenvalue weighted by Gasteiger charge is 2.14. The maximum absolute atomic E-state index is 13.0. The van der Waals surface area contributed by atoms with Crippen LogP contribution in [0.25, 0.3) is 28.2 Å². The predicted octanol–water partition coefficient (Wildman–Crippen LogP) is 6.83. The first-order valence-corrected chi connectivity index (χ1v) is 11.1. The molecule has 166 valence electrons. The van der Waals surface area contributed by atoms with Crippen molar-refractivity contribution in [1.29, 1.82) is 0 Å². The third-order valence-electron chi connectivity index (χ3n) is 5.70. The van der Waals surface area contributed by atoms with Gasteiger partial charge in [-0.3, -0.25) is 4.79 Å². The molecule has 2 aromatic carbocycles. The Kier molecular flexibility index (Phi) is 6.79. The summed E-state index contributed by atoms with van der Waals surface area (Å²) in [6.07, 6.45) is 6.15. The van der Waals surface area contributed by atoms with Crippen molar-refractivity contribution in [2.24, 2.45) is 5.10 Å². The lowest BCUT2D eigenvalue weighted by Crippen LogP contribution is -2.18. The monoisotopic (exact) mass is 437 g/mol. The van der Waals surface area contributed by atoms with Crippen LogP contribution >= 0.6 is 0 Å². The lowest BCUT2D eigenvalue weighted by atomic mass is 9.96. The first-order chi connectivity index (χ1) is 16.0. The summed E-state index contributed by atoms with van der Waals surface area (Å²) in [5.41, 5.74) is 7.83. The van der Waals surface area contributed by atoms with Crippen molar-refractivity contribution in [3.63, 3.8) is 0 Å². The zero-order valence-electron chi connectivity index (χ0n) is 19.1. The Morgan fingerprint density at radius 1 is 1.12 bits per heavy atom. The number of hydrazone groups is 1. The van der Waals surface area contributed by atoms with Crippen LogP contribution in [0, 0.1) is 0 Å². The number of carbonyl (C=O) groups excluding carboxylic acids is 1. The van der Waals surface area contributed by atoms with Crippen molar-refractivity contribution >= 4 is 29.1 Å². The summed E-state index contributed by atoms with van der Waals surface area (Å²) in [7, 11) is 0. The summed E-state index contributed by atoms with van der Waals surface area (Å²) in [6, 6.07) is 21.6. The highest BCUT2D eigenvalue weighted by atomic mass is 16.3. The molecule has 0 fully saturated rings. The van der Waals surface area contributed by atoms with E-state index in [1.165, 1.54) is 5.56 Å². The van der Waals surface area contributed by atoms with E-state index in [0.29, 0.717) is 11.5 Å². The molecule has 0 saturated heterocycles. The topological polar surface area (TPSA) is 67.5 Å². The molecule has 0 spiro atoms. The number of furan rings is 1. The molecule has 0 unspecified atom stereocenters. The molecule has 0 aliphatic heterocycles. The molecular weight excluding hydrogens is 410 g/mol. The average molecular weight is 438 g/mol. The quantitative estimate of drug-likeness (QED) is 0.255. The number of rotatable bonds is 7. The number of nitrogens with one attached hydrogen (secondary N) is 1. The molecule has 0 aliphatic carbocycles. The predicted molar refractivity (Wildman–Crippen MR) is 134 cm³/mol. The molecule has 5 heteroatoms. The van der Waals surface area contributed by atoms with E-state index in [4.69, 9.17) is 9.40 Å². The van der Waals surface area contributed by atoms with Crippen molar-refractivity contribution in [1.82, 2.24) is 10.4 Å². The van der Waals surface area contributed by atoms with Gasteiger partial charge in [0.15, 0.2) is 0 Å². The number of pyridine rings is 1. The lowest BCUT2D eigenvalue weighted by Gasteiger charge is -2.11. The molecule has 2 aromatic heterocycles. The minimum atomic E-state index is -0.284. The fourth-order valence-corrected chi connectivity index (χ4v) is 3.62. The molecule has 1 amide bonds. The summed E-state index contributed by atoms with van der Waals surface area (Å²) < 4.78 is 5.30. The highest BCUT2D eigenvalue weighted by molar-refractivity contribution is 6.07. The van der Waals surface area contributed by atoms with Crippen LogP contribution in [0.1, 0.15) is 54.8 Å². The zero-order chi connectivity index (χ0) is 23.2. The zero-order valence-corrected chi connectivity index (χ0v) is 19.1. The van der Waals surface area contributed by atoms with E-state index in [1.807, 2.05) is 55.5 Å². The molecule has 4 rings (SSSR count). The first kappa shape index (κ1) is 22.2. The Hall–Kier alpha value is -3.99. The third-order valence-corrected chi connectivity index (χ3v) is 5.70. The van der Waals surface area contributed by atoms with Gasteiger partial charge in [0, 0.05) is 10.9 Å². The van der Waals surface area contributed by atoms with Crippen LogP contribution in [0.15, 0.2) is 88.1 Å². The van der Waals surface area contributed by atoms with Crippen molar-refractivity contribution in [3.05, 3.63) is 95.5 Å². The van der Waals surface area contributed by atoms with Crippen molar-refractivity contribution < 1.29 is 9.21 Å². The number of allylic oxidation sites excluding steroid dienone is 1. The van der Waals surface area contributed by atoms with Gasteiger partial charge in [0.05, 0.1) is 29.3 Å². The molecule has 0 aliphatic rings. The van der Waals surface area contributed by atoms with Crippen molar-refractivity contribution in [2.75, 3.05) is 0 Å². The standard InChI is InChI=1S/C28H27N3O2/c1-4-20(3)21-11-13-22(14-12-21)27-17-25(24-9-5-6-10-26(24)30-27)28(32)31-29-18-19(2)16-23-8-7-15-33-23/h5-18,20H,4H2,1-3H3,(H,31,32)/b19-16+,29-18?/t20-/m1/s1. The van der Waals surface area contributed by atoms with Crippen LogP contribution in [-0.2, 0) is 0 Å². The number of benzene rings is 2. The number of amides is 1. The van der Waals surface area contributed by atoms with Gasteiger partial charge < -0.3 is 4.42 Å². The fraction of sp³-hybridized carbons (Fsp3) is 0.179. The van der Waals surface area contributed by atoms with Gasteiger partial charge in [-0.15, -0.1) is 0 Å². The van der Waals surface area contributed by atoms with E-state index in [1.54, 1.807) is 12.5 Å². The van der Waals surface area contributed by atoms with Crippen molar-refractivity contribution in [2.45, 2.75) is 33.1 Å². The minimum absolute atomic E-state index is 0.284. The highest BCUT2D eigenvalue weighted by Crippen LogP contribution is 2.27. The van der Waals surface area contributed by atoms with Crippen LogP contribution < -0.4 is 5.43 Å². The first-order valence-electron chi connectivity index (χ1n) is 11.1. The number of aromatic nitrogens is 1. The molecule has 2 heterocycles. The fourth-order valence-electron chi connectivity index (χ4n) is 3.62. The van der Waals surface area contributed by atoms with Crippen molar-refractivity contribution in [3.8, 4) is 11.3 Å². The number of carbonyl (C=O) groups is 1. The lowest BCUT2D eigenvalue weighted by molar-refractivity contribution is 0.0956. The maximum atomic E-state index is 13.0. The van der Waals surface area contributed by atoms with Gasteiger partial charge >= 0.3 is 0 Å². The second kappa shape index (κ2) is 10.1. The summed E-state index contributed by atoms with van der Waals surface area (Å²) in [5, 5.41) is 4.91. The van der Waals surface area contributed by atoms with Gasteiger partial charge in [-0.25, -0.2) is 10.4 Å². The van der Waals surface area contributed by atoms with Gasteiger partial charge in [0.1, 0.15) is 5.76 Å². The van der Waals surface area contributed by atoms with Gasteiger partial charge in [0.25, 0.3) is 5.91 Å². The molecular formula is C28H27N3O2. The van der Waals surface area contributed by atoms with Gasteiger partial charge in [0.2, 0.25) is 0 Å². The van der Waals surface area contributed by atoms with E-state index in [-0.39, 0.29) is 5.91 Å². The second-order valence-corrected chi connectivity index (χ2v) is 8.11. The third kappa shape index (κ3) is 5.26. The molecule has 5 nitrogen and oxygen atoms in total. The molecule has 1 atom stereocenters. The second-order valence-electron chi connectivity index (χ2n) is 8.11. The van der Waals surface area contributed by atoms with Gasteiger partial charge in [-0.2, -0.15) is 5.10 Å². The Labute approximate surface area is 193 Å². The van der Waals surface area contributed by atoms with Crippen LogP contribution in [0.4, 0.5) is 0 Å². The van der Waals surface area contributed by atoms with Crippen LogP contribution in [0.2, 0.25) is 0 Å². The Bertz CT molecular complexity index is 1300. The normalized spacial score (nSPS) is 12.9. The number of para-hydroxylation sites is 1. The number of hydrogen-bond acceptors (Lipinski definition) is 4. The average Bonchev–Trinajstić information content (AvgIpc) is 3.35. The van der Waals surface area contributed by atoms with Crippen LogP contribution in [-0.4, -0.2) is 17.1 Å². The SMILES string of the molecule is CC[C@@H](C)c1ccc(-c2cc(C(=O)NN=C/C(C)=C/c3ccco3)c3ccccc3n2)cc1. The summed E-state index contributed by atoms with van der Waals surface area (Å²) in [5.74, 6) is 0.954. The minimum Gasteiger partial charge on any atom is -0.465 e. The van der Waals surface area contributed by atoms with E-state index in [2.05, 4.69) is 48.6 Å². The molecule has 33 heavy (non-hydrogen) atoms. The Balaban J connectivity index is 1.61.